The molecule has 0 aromatic heterocycles. The zero-order valence-electron chi connectivity index (χ0n) is 11.6. The van der Waals surface area contributed by atoms with E-state index in [-0.39, 0.29) is 17.8 Å². The molecule has 2 atom stereocenters. The standard InChI is InChI=1S/C14H19ClN2O3/c1-9(2)14-7-10(5-6-20-14)16-13-8-11(17(18)19)3-4-12(13)15/h3-4,8-10,14,16H,5-7H2,1-2H3. The molecule has 1 saturated heterocycles. The summed E-state index contributed by atoms with van der Waals surface area (Å²) >= 11 is 6.10. The van der Waals surface area contributed by atoms with Crippen molar-refractivity contribution >= 4 is 23.0 Å². The molecule has 1 aliphatic rings. The number of benzene rings is 1. The van der Waals surface area contributed by atoms with E-state index in [0.717, 1.165) is 12.8 Å². The molecule has 1 fully saturated rings. The summed E-state index contributed by atoms with van der Waals surface area (Å²) in [5, 5.41) is 14.6. The van der Waals surface area contributed by atoms with Crippen LogP contribution in [0.4, 0.5) is 11.4 Å². The summed E-state index contributed by atoms with van der Waals surface area (Å²) in [7, 11) is 0. The second-order valence-corrected chi connectivity index (χ2v) is 5.85. The van der Waals surface area contributed by atoms with Crippen LogP contribution >= 0.6 is 11.6 Å². The van der Waals surface area contributed by atoms with Crippen molar-refractivity contribution in [1.82, 2.24) is 0 Å². The fourth-order valence-corrected chi connectivity index (χ4v) is 2.55. The molecule has 0 radical (unpaired) electrons. The number of hydrogen-bond donors (Lipinski definition) is 1. The van der Waals surface area contributed by atoms with Crippen LogP contribution in [0.1, 0.15) is 26.7 Å². The Morgan fingerprint density at radius 2 is 2.25 bits per heavy atom. The number of nitro groups is 1. The van der Waals surface area contributed by atoms with Crippen LogP contribution in [0, 0.1) is 16.0 Å². The predicted octanol–water partition coefficient (Wildman–Crippen LogP) is 3.86. The number of rotatable bonds is 4. The summed E-state index contributed by atoms with van der Waals surface area (Å²) in [5.41, 5.74) is 0.666. The molecule has 2 unspecified atom stereocenters. The van der Waals surface area contributed by atoms with E-state index in [4.69, 9.17) is 16.3 Å². The van der Waals surface area contributed by atoms with Crippen LogP contribution in [-0.4, -0.2) is 23.7 Å². The Bertz CT molecular complexity index is 493. The number of nitro benzene ring substituents is 1. The van der Waals surface area contributed by atoms with Crippen LogP contribution in [0.5, 0.6) is 0 Å². The molecule has 1 aromatic rings. The van der Waals surface area contributed by atoms with Gasteiger partial charge in [0.2, 0.25) is 0 Å². The Kier molecular flexibility index (Phi) is 4.83. The first-order valence-corrected chi connectivity index (χ1v) is 7.17. The van der Waals surface area contributed by atoms with Gasteiger partial charge in [-0.1, -0.05) is 25.4 Å². The van der Waals surface area contributed by atoms with Gasteiger partial charge in [-0.15, -0.1) is 0 Å². The van der Waals surface area contributed by atoms with Gasteiger partial charge < -0.3 is 10.1 Å². The number of halogens is 1. The summed E-state index contributed by atoms with van der Waals surface area (Å²) in [5.74, 6) is 0.459. The van der Waals surface area contributed by atoms with Crippen molar-refractivity contribution in [3.63, 3.8) is 0 Å². The molecule has 1 aliphatic heterocycles. The Labute approximate surface area is 123 Å². The van der Waals surface area contributed by atoms with E-state index in [2.05, 4.69) is 19.2 Å². The van der Waals surface area contributed by atoms with Crippen molar-refractivity contribution in [1.29, 1.82) is 0 Å². The van der Waals surface area contributed by atoms with Gasteiger partial charge in [0, 0.05) is 24.8 Å². The molecule has 20 heavy (non-hydrogen) atoms. The largest absolute Gasteiger partial charge is 0.381 e. The minimum Gasteiger partial charge on any atom is -0.381 e. The molecule has 1 aromatic carbocycles. The smallest absolute Gasteiger partial charge is 0.271 e. The van der Waals surface area contributed by atoms with Gasteiger partial charge in [-0.25, -0.2) is 0 Å². The molecule has 6 heteroatoms. The fraction of sp³-hybridized carbons (Fsp3) is 0.571. The summed E-state index contributed by atoms with van der Waals surface area (Å²) in [6, 6.07) is 4.69. The van der Waals surface area contributed by atoms with Gasteiger partial charge in [-0.3, -0.25) is 10.1 Å². The van der Waals surface area contributed by atoms with E-state index < -0.39 is 4.92 Å². The summed E-state index contributed by atoms with van der Waals surface area (Å²) in [4.78, 5) is 10.4. The second-order valence-electron chi connectivity index (χ2n) is 5.44. The number of non-ortho nitro benzene ring substituents is 1. The van der Waals surface area contributed by atoms with Gasteiger partial charge in [0.1, 0.15) is 0 Å². The highest BCUT2D eigenvalue weighted by molar-refractivity contribution is 6.33. The first kappa shape index (κ1) is 15.1. The van der Waals surface area contributed by atoms with Crippen LogP contribution in [0.25, 0.3) is 0 Å². The monoisotopic (exact) mass is 298 g/mol. The highest BCUT2D eigenvalue weighted by atomic mass is 35.5. The summed E-state index contributed by atoms with van der Waals surface area (Å²) in [6.45, 7) is 4.97. The minimum absolute atomic E-state index is 0.0457. The van der Waals surface area contributed by atoms with Gasteiger partial charge in [-0.05, 0) is 24.8 Å². The molecule has 0 saturated carbocycles. The van der Waals surface area contributed by atoms with Crippen LogP contribution in [0.3, 0.4) is 0 Å². The van der Waals surface area contributed by atoms with Gasteiger partial charge in [0.15, 0.2) is 0 Å². The maximum atomic E-state index is 10.8. The van der Waals surface area contributed by atoms with Gasteiger partial charge >= 0.3 is 0 Å². The van der Waals surface area contributed by atoms with Crippen molar-refractivity contribution in [3.8, 4) is 0 Å². The molecular weight excluding hydrogens is 280 g/mol. The molecule has 1 heterocycles. The lowest BCUT2D eigenvalue weighted by atomic mass is 9.95. The first-order chi connectivity index (χ1) is 9.47. The average molecular weight is 299 g/mol. The molecule has 110 valence electrons. The molecule has 2 rings (SSSR count). The minimum atomic E-state index is -0.414. The van der Waals surface area contributed by atoms with E-state index in [1.165, 1.54) is 12.1 Å². The van der Waals surface area contributed by atoms with Gasteiger partial charge in [-0.2, -0.15) is 0 Å². The quantitative estimate of drug-likeness (QED) is 0.677. The average Bonchev–Trinajstić information content (AvgIpc) is 2.41. The third-order valence-corrected chi connectivity index (χ3v) is 3.91. The van der Waals surface area contributed by atoms with Gasteiger partial charge in [0.05, 0.1) is 21.7 Å². The van der Waals surface area contributed by atoms with E-state index in [1.54, 1.807) is 6.07 Å². The number of ether oxygens (including phenoxy) is 1. The number of hydrogen-bond acceptors (Lipinski definition) is 4. The number of nitrogens with one attached hydrogen (secondary N) is 1. The second kappa shape index (κ2) is 6.41. The maximum Gasteiger partial charge on any atom is 0.271 e. The van der Waals surface area contributed by atoms with Crippen molar-refractivity contribution in [2.24, 2.45) is 5.92 Å². The van der Waals surface area contributed by atoms with Crippen molar-refractivity contribution in [3.05, 3.63) is 33.3 Å². The molecule has 0 aliphatic carbocycles. The van der Waals surface area contributed by atoms with Crippen LogP contribution in [0.15, 0.2) is 18.2 Å². The number of nitrogens with zero attached hydrogens (tertiary/aromatic N) is 1. The molecule has 5 nitrogen and oxygen atoms in total. The van der Waals surface area contributed by atoms with E-state index in [1.807, 2.05) is 0 Å². The summed E-state index contributed by atoms with van der Waals surface area (Å²) in [6.07, 6.45) is 1.98. The lowest BCUT2D eigenvalue weighted by Crippen LogP contribution is -2.36. The topological polar surface area (TPSA) is 64.4 Å². The highest BCUT2D eigenvalue weighted by Crippen LogP contribution is 2.30. The van der Waals surface area contributed by atoms with Crippen molar-refractivity contribution in [2.75, 3.05) is 11.9 Å². The molecule has 1 N–H and O–H groups in total. The molecule has 0 amide bonds. The number of anilines is 1. The Morgan fingerprint density at radius 1 is 1.50 bits per heavy atom. The summed E-state index contributed by atoms with van der Waals surface area (Å²) < 4.78 is 5.72. The normalized spacial score (nSPS) is 22.8. The Morgan fingerprint density at radius 3 is 2.90 bits per heavy atom. The molecule has 0 bridgehead atoms. The Balaban J connectivity index is 2.09. The first-order valence-electron chi connectivity index (χ1n) is 6.79. The van der Waals surface area contributed by atoms with Crippen LogP contribution in [-0.2, 0) is 4.74 Å². The zero-order chi connectivity index (χ0) is 14.7. The molecular formula is C14H19ClN2O3. The van der Waals surface area contributed by atoms with Gasteiger partial charge in [0.25, 0.3) is 5.69 Å². The fourth-order valence-electron chi connectivity index (χ4n) is 2.38. The predicted molar refractivity (Wildman–Crippen MR) is 79.3 cm³/mol. The van der Waals surface area contributed by atoms with Crippen molar-refractivity contribution < 1.29 is 9.66 Å². The Hall–Kier alpha value is -1.33. The highest BCUT2D eigenvalue weighted by Gasteiger charge is 2.25. The van der Waals surface area contributed by atoms with E-state index in [9.17, 15) is 10.1 Å². The third-order valence-electron chi connectivity index (χ3n) is 3.58. The maximum absolute atomic E-state index is 10.8. The van der Waals surface area contributed by atoms with E-state index >= 15 is 0 Å². The SMILES string of the molecule is CC(C)C1CC(Nc2cc([N+](=O)[O-])ccc2Cl)CCO1. The van der Waals surface area contributed by atoms with Crippen molar-refractivity contribution in [2.45, 2.75) is 38.8 Å². The van der Waals surface area contributed by atoms with Crippen LogP contribution < -0.4 is 5.32 Å². The van der Waals surface area contributed by atoms with E-state index in [0.29, 0.717) is 23.2 Å². The lowest BCUT2D eigenvalue weighted by molar-refractivity contribution is -0.384. The van der Waals surface area contributed by atoms with Crippen LogP contribution in [0.2, 0.25) is 5.02 Å². The molecule has 0 spiro atoms. The zero-order valence-corrected chi connectivity index (χ0v) is 12.4. The lowest BCUT2D eigenvalue weighted by Gasteiger charge is -2.33. The third kappa shape index (κ3) is 3.61.